The molecule has 4 nitrogen and oxygen atoms in total. The Morgan fingerprint density at radius 3 is 2.38 bits per heavy atom. The molecule has 0 bridgehead atoms. The maximum Gasteiger partial charge on any atom is 0.261 e. The van der Waals surface area contributed by atoms with Gasteiger partial charge in [0.1, 0.15) is 11.5 Å². The highest BCUT2D eigenvalue weighted by atomic mass is 16.5. The molecule has 1 aromatic rings. The number of ether oxygens (including phenoxy) is 1. The second kappa shape index (κ2) is 4.39. The zero-order valence-corrected chi connectivity index (χ0v) is 13.1. The Kier molecular flexibility index (Phi) is 2.98. The first-order chi connectivity index (χ1) is 9.77. The van der Waals surface area contributed by atoms with E-state index in [4.69, 9.17) is 10.5 Å². The van der Waals surface area contributed by atoms with Crippen LogP contribution in [0.25, 0.3) is 0 Å². The molecule has 1 aliphatic heterocycles. The number of rotatable bonds is 2. The maximum atomic E-state index is 12.0. The number of phenols is 1. The van der Waals surface area contributed by atoms with Crippen molar-refractivity contribution in [2.45, 2.75) is 52.6 Å². The zero-order valence-electron chi connectivity index (χ0n) is 13.1. The first kappa shape index (κ1) is 14.2. The number of carbonyl (C=O) groups excluding carboxylic acids is 1. The van der Waals surface area contributed by atoms with Crippen molar-refractivity contribution in [3.63, 3.8) is 0 Å². The molecule has 1 aliphatic carbocycles. The van der Waals surface area contributed by atoms with Crippen molar-refractivity contribution < 1.29 is 14.6 Å². The van der Waals surface area contributed by atoms with Gasteiger partial charge in [0, 0.05) is 11.5 Å². The molecule has 2 aliphatic rings. The number of primary amides is 1. The molecule has 3 rings (SSSR count). The lowest BCUT2D eigenvalue weighted by atomic mass is 9.75. The van der Waals surface area contributed by atoms with E-state index in [1.807, 2.05) is 27.7 Å². The van der Waals surface area contributed by atoms with Crippen molar-refractivity contribution >= 4 is 5.91 Å². The summed E-state index contributed by atoms with van der Waals surface area (Å²) in [5.41, 5.74) is 8.31. The summed E-state index contributed by atoms with van der Waals surface area (Å²) in [5, 5.41) is 10.3. The van der Waals surface area contributed by atoms with Crippen molar-refractivity contribution in [1.29, 1.82) is 0 Å². The van der Waals surface area contributed by atoms with Crippen LogP contribution in [0.5, 0.6) is 11.5 Å². The van der Waals surface area contributed by atoms with Crippen LogP contribution in [0.15, 0.2) is 0 Å². The number of carbonyl (C=O) groups is 1. The van der Waals surface area contributed by atoms with E-state index in [1.54, 1.807) is 0 Å². The third-order valence-corrected chi connectivity index (χ3v) is 5.47. The summed E-state index contributed by atoms with van der Waals surface area (Å²) in [5.74, 6) is 1.28. The normalized spacial score (nSPS) is 27.9. The molecule has 0 spiro atoms. The molecule has 4 heteroatoms. The van der Waals surface area contributed by atoms with E-state index >= 15 is 0 Å². The Bertz CT molecular complexity index is 634. The zero-order chi connectivity index (χ0) is 15.5. The number of benzene rings is 1. The van der Waals surface area contributed by atoms with Crippen LogP contribution in [0.4, 0.5) is 0 Å². The summed E-state index contributed by atoms with van der Waals surface area (Å²) in [6.07, 6.45) is 3.00. The Morgan fingerprint density at radius 2 is 1.86 bits per heavy atom. The third kappa shape index (κ3) is 1.92. The van der Waals surface area contributed by atoms with Crippen LogP contribution >= 0.6 is 0 Å². The predicted molar refractivity (Wildman–Crippen MR) is 80.5 cm³/mol. The van der Waals surface area contributed by atoms with E-state index in [-0.39, 0.29) is 5.92 Å². The monoisotopic (exact) mass is 289 g/mol. The van der Waals surface area contributed by atoms with Gasteiger partial charge in [-0.05, 0) is 69.6 Å². The minimum Gasteiger partial charge on any atom is -0.507 e. The summed E-state index contributed by atoms with van der Waals surface area (Å²) in [6.45, 7) is 7.53. The number of fused-ring (bicyclic) bond motifs is 1. The molecule has 0 radical (unpaired) electrons. The largest absolute Gasteiger partial charge is 0.507 e. The molecule has 2 atom stereocenters. The highest BCUT2D eigenvalue weighted by Gasteiger charge is 2.52. The Labute approximate surface area is 125 Å². The standard InChI is InChI=1S/C17H23NO3/c1-8-9(2)15-12(10(3)14(8)19)7-13(11-5-6-11)17(4,21-15)16(18)20/h11,13,19H,5-7H2,1-4H3,(H2,18,20). The van der Waals surface area contributed by atoms with Crippen molar-refractivity contribution in [1.82, 2.24) is 0 Å². The maximum absolute atomic E-state index is 12.0. The van der Waals surface area contributed by atoms with E-state index in [0.717, 1.165) is 47.3 Å². The first-order valence-electron chi connectivity index (χ1n) is 7.57. The lowest BCUT2D eigenvalue weighted by Gasteiger charge is -2.42. The summed E-state index contributed by atoms with van der Waals surface area (Å²) >= 11 is 0. The average Bonchev–Trinajstić information content (AvgIpc) is 3.26. The molecule has 1 saturated carbocycles. The van der Waals surface area contributed by atoms with Gasteiger partial charge in [-0.25, -0.2) is 0 Å². The molecular formula is C17H23NO3. The van der Waals surface area contributed by atoms with Gasteiger partial charge in [-0.2, -0.15) is 0 Å². The molecule has 21 heavy (non-hydrogen) atoms. The minimum absolute atomic E-state index is 0.0997. The molecule has 0 aromatic heterocycles. The van der Waals surface area contributed by atoms with Gasteiger partial charge in [0.15, 0.2) is 5.60 Å². The van der Waals surface area contributed by atoms with Crippen LogP contribution in [-0.4, -0.2) is 16.6 Å². The Hall–Kier alpha value is -1.71. The average molecular weight is 289 g/mol. The lowest BCUT2D eigenvalue weighted by molar-refractivity contribution is -0.139. The quantitative estimate of drug-likeness (QED) is 0.878. The number of hydrogen-bond acceptors (Lipinski definition) is 3. The fourth-order valence-electron chi connectivity index (χ4n) is 3.60. The molecule has 2 unspecified atom stereocenters. The highest BCUT2D eigenvalue weighted by Crippen LogP contribution is 2.51. The topological polar surface area (TPSA) is 72.5 Å². The molecule has 3 N–H and O–H groups in total. The smallest absolute Gasteiger partial charge is 0.261 e. The van der Waals surface area contributed by atoms with E-state index in [2.05, 4.69) is 0 Å². The van der Waals surface area contributed by atoms with Crippen LogP contribution < -0.4 is 10.5 Å². The van der Waals surface area contributed by atoms with Gasteiger partial charge >= 0.3 is 0 Å². The second-order valence-corrected chi connectivity index (χ2v) is 6.75. The number of nitrogens with two attached hydrogens (primary N) is 1. The van der Waals surface area contributed by atoms with Crippen LogP contribution in [0.1, 0.15) is 42.0 Å². The molecule has 1 aromatic carbocycles. The van der Waals surface area contributed by atoms with Gasteiger partial charge in [0.25, 0.3) is 5.91 Å². The van der Waals surface area contributed by atoms with E-state index < -0.39 is 11.5 Å². The van der Waals surface area contributed by atoms with E-state index in [1.165, 1.54) is 0 Å². The SMILES string of the molecule is Cc1c(C)c2c(c(C)c1O)CC(C1CC1)C(C)(C(N)=O)O2. The predicted octanol–water partition coefficient (Wildman–Crippen LogP) is 2.52. The third-order valence-electron chi connectivity index (χ3n) is 5.47. The summed E-state index contributed by atoms with van der Waals surface area (Å²) < 4.78 is 6.16. The van der Waals surface area contributed by atoms with Crippen molar-refractivity contribution in [2.75, 3.05) is 0 Å². The van der Waals surface area contributed by atoms with Gasteiger partial charge in [0.2, 0.25) is 0 Å². The minimum atomic E-state index is -0.950. The Balaban J connectivity index is 2.17. The molecule has 0 saturated heterocycles. The highest BCUT2D eigenvalue weighted by molar-refractivity contribution is 5.84. The molecule has 1 heterocycles. The van der Waals surface area contributed by atoms with Gasteiger partial charge < -0.3 is 15.6 Å². The fraction of sp³-hybridized carbons (Fsp3) is 0.588. The molecule has 1 fully saturated rings. The van der Waals surface area contributed by atoms with E-state index in [9.17, 15) is 9.90 Å². The van der Waals surface area contributed by atoms with Crippen molar-refractivity contribution in [3.8, 4) is 11.5 Å². The van der Waals surface area contributed by atoms with Crippen LogP contribution in [0.3, 0.4) is 0 Å². The number of amides is 1. The second-order valence-electron chi connectivity index (χ2n) is 6.75. The van der Waals surface area contributed by atoms with Crippen molar-refractivity contribution in [3.05, 3.63) is 22.3 Å². The van der Waals surface area contributed by atoms with Crippen molar-refractivity contribution in [2.24, 2.45) is 17.6 Å². The van der Waals surface area contributed by atoms with Gasteiger partial charge in [-0.15, -0.1) is 0 Å². The Morgan fingerprint density at radius 1 is 1.24 bits per heavy atom. The van der Waals surface area contributed by atoms with Gasteiger partial charge in [-0.3, -0.25) is 4.79 Å². The van der Waals surface area contributed by atoms with Crippen LogP contribution in [0.2, 0.25) is 0 Å². The molecular weight excluding hydrogens is 266 g/mol. The van der Waals surface area contributed by atoms with Crippen LogP contribution in [-0.2, 0) is 11.2 Å². The first-order valence-corrected chi connectivity index (χ1v) is 7.57. The van der Waals surface area contributed by atoms with Crippen LogP contribution in [0, 0.1) is 32.6 Å². The number of phenolic OH excluding ortho intramolecular Hbond substituents is 1. The fourth-order valence-corrected chi connectivity index (χ4v) is 3.60. The van der Waals surface area contributed by atoms with Gasteiger partial charge in [0.05, 0.1) is 0 Å². The molecule has 114 valence electrons. The lowest BCUT2D eigenvalue weighted by Crippen LogP contribution is -2.55. The summed E-state index contributed by atoms with van der Waals surface area (Å²) in [7, 11) is 0. The molecule has 1 amide bonds. The summed E-state index contributed by atoms with van der Waals surface area (Å²) in [6, 6.07) is 0. The number of aromatic hydroxyl groups is 1. The van der Waals surface area contributed by atoms with E-state index in [0.29, 0.717) is 11.7 Å². The van der Waals surface area contributed by atoms with Gasteiger partial charge in [-0.1, -0.05) is 0 Å². The summed E-state index contributed by atoms with van der Waals surface area (Å²) in [4.78, 5) is 12.0. The number of hydrogen-bond donors (Lipinski definition) is 2.